The molecule has 1 aliphatic heterocycles. The summed E-state index contributed by atoms with van der Waals surface area (Å²) >= 11 is 1.30. The topological polar surface area (TPSA) is 37.4 Å². The molecule has 1 rings (SSSR count). The quantitative estimate of drug-likeness (QED) is 0.598. The van der Waals surface area contributed by atoms with Crippen LogP contribution < -0.4 is 0 Å². The molecule has 1 heterocycles. The van der Waals surface area contributed by atoms with E-state index in [0.717, 1.165) is 0 Å². The van der Waals surface area contributed by atoms with E-state index < -0.39 is 0 Å². The van der Waals surface area contributed by atoms with E-state index in [-0.39, 0.29) is 11.7 Å². The minimum atomic E-state index is -0.111. The van der Waals surface area contributed by atoms with Crippen LogP contribution in [0.15, 0.2) is 22.1 Å². The Morgan fingerprint density at radius 2 is 2.08 bits per heavy atom. The Labute approximate surface area is 81.5 Å². The van der Waals surface area contributed by atoms with Crippen LogP contribution >= 0.6 is 11.8 Å². The third-order valence-corrected chi connectivity index (χ3v) is 2.83. The lowest BCUT2D eigenvalue weighted by atomic mass is 10.2. The summed E-state index contributed by atoms with van der Waals surface area (Å²) in [4.78, 5) is 24.5. The van der Waals surface area contributed by atoms with Gasteiger partial charge in [-0.05, 0) is 19.3 Å². The second-order valence-corrected chi connectivity index (χ2v) is 3.75. The highest BCUT2D eigenvalue weighted by Gasteiger charge is 2.20. The third-order valence-electron chi connectivity index (χ3n) is 1.85. The first-order valence-corrected chi connectivity index (χ1v) is 4.74. The predicted molar refractivity (Wildman–Crippen MR) is 52.9 cm³/mol. The van der Waals surface area contributed by atoms with Crippen molar-refractivity contribution in [2.24, 2.45) is 0 Å². The van der Waals surface area contributed by atoms with Crippen molar-refractivity contribution >= 4 is 23.5 Å². The molecule has 0 N–H and O–H groups in total. The smallest absolute Gasteiger partial charge is 0.264 e. The van der Waals surface area contributed by atoms with Crippen molar-refractivity contribution in [2.75, 3.05) is 7.05 Å². The van der Waals surface area contributed by atoms with Crippen molar-refractivity contribution in [3.05, 3.63) is 22.1 Å². The van der Waals surface area contributed by atoms with Gasteiger partial charge < -0.3 is 4.90 Å². The molecular formula is C9H11NO2S. The summed E-state index contributed by atoms with van der Waals surface area (Å²) in [5.41, 5.74) is 0.534. The molecule has 70 valence electrons. The number of nitrogens with zero attached hydrogens (tertiary/aromatic N) is 1. The fourth-order valence-electron chi connectivity index (χ4n) is 0.877. The van der Waals surface area contributed by atoms with Gasteiger partial charge in [-0.15, -0.1) is 0 Å². The van der Waals surface area contributed by atoms with Gasteiger partial charge in [-0.3, -0.25) is 9.59 Å². The maximum Gasteiger partial charge on any atom is 0.264 e. The van der Waals surface area contributed by atoms with Crippen LogP contribution in [-0.4, -0.2) is 23.6 Å². The second-order valence-electron chi connectivity index (χ2n) is 2.83. The minimum absolute atomic E-state index is 0.0560. The first-order chi connectivity index (χ1) is 6.04. The van der Waals surface area contributed by atoms with Crippen molar-refractivity contribution in [1.29, 1.82) is 0 Å². The fourth-order valence-corrected chi connectivity index (χ4v) is 1.82. The Hall–Kier alpha value is -1.03. The number of ketones is 1. The molecule has 0 atom stereocenters. The molecule has 0 spiro atoms. The number of carbonyl (C=O) groups excluding carboxylic acids is 2. The molecule has 0 saturated carbocycles. The zero-order valence-electron chi connectivity index (χ0n) is 7.83. The molecule has 0 unspecified atom stereocenters. The van der Waals surface area contributed by atoms with Gasteiger partial charge in [-0.1, -0.05) is 11.8 Å². The number of Topliss-reactive ketones (excluding diaryl/α,β-unsaturated/α-hetero) is 1. The Bertz CT molecular complexity index is 318. The van der Waals surface area contributed by atoms with Crippen LogP contribution in [0.4, 0.5) is 0 Å². The summed E-state index contributed by atoms with van der Waals surface area (Å²) in [6.45, 7) is 3.14. The summed E-state index contributed by atoms with van der Waals surface area (Å²) < 4.78 is 0. The average Bonchev–Trinajstić information content (AvgIpc) is 2.08. The van der Waals surface area contributed by atoms with Gasteiger partial charge >= 0.3 is 0 Å². The summed E-state index contributed by atoms with van der Waals surface area (Å²) in [5.74, 6) is -0.167. The van der Waals surface area contributed by atoms with Crippen molar-refractivity contribution in [3.63, 3.8) is 0 Å². The minimum Gasteiger partial charge on any atom is -0.317 e. The molecule has 0 aliphatic carbocycles. The highest BCUT2D eigenvalue weighted by molar-refractivity contribution is 8.06. The van der Waals surface area contributed by atoms with Gasteiger partial charge in [0, 0.05) is 18.8 Å². The Balaban J connectivity index is 3.07. The van der Waals surface area contributed by atoms with Crippen molar-refractivity contribution < 1.29 is 9.59 Å². The Morgan fingerprint density at radius 1 is 1.46 bits per heavy atom. The van der Waals surface area contributed by atoms with E-state index in [1.54, 1.807) is 25.6 Å². The average molecular weight is 197 g/mol. The summed E-state index contributed by atoms with van der Waals surface area (Å²) in [7, 11) is 1.67. The van der Waals surface area contributed by atoms with E-state index in [1.165, 1.54) is 23.6 Å². The molecule has 0 fully saturated rings. The van der Waals surface area contributed by atoms with E-state index in [1.807, 2.05) is 0 Å². The largest absolute Gasteiger partial charge is 0.317 e. The molecule has 0 radical (unpaired) electrons. The zero-order valence-corrected chi connectivity index (χ0v) is 8.64. The predicted octanol–water partition coefficient (Wildman–Crippen LogP) is 1.53. The summed E-state index contributed by atoms with van der Waals surface area (Å²) in [6, 6.07) is 0. The molecule has 3 nitrogen and oxygen atoms in total. The van der Waals surface area contributed by atoms with Gasteiger partial charge in [0.25, 0.3) is 5.91 Å². The molecule has 0 aromatic heterocycles. The molecule has 1 amide bonds. The van der Waals surface area contributed by atoms with E-state index >= 15 is 0 Å². The van der Waals surface area contributed by atoms with Crippen LogP contribution in [0.2, 0.25) is 0 Å². The van der Waals surface area contributed by atoms with Crippen molar-refractivity contribution in [3.8, 4) is 0 Å². The molecule has 0 saturated heterocycles. The second kappa shape index (κ2) is 3.79. The van der Waals surface area contributed by atoms with Crippen molar-refractivity contribution in [1.82, 2.24) is 4.90 Å². The maximum atomic E-state index is 11.5. The Morgan fingerprint density at radius 3 is 2.62 bits per heavy atom. The Kier molecular flexibility index (Phi) is 2.93. The van der Waals surface area contributed by atoms with Crippen molar-refractivity contribution in [2.45, 2.75) is 13.8 Å². The van der Waals surface area contributed by atoms with E-state index in [9.17, 15) is 9.59 Å². The first kappa shape index (κ1) is 10.1. The molecule has 0 aromatic carbocycles. The number of hydrogen-bond acceptors (Lipinski definition) is 3. The molecule has 0 aromatic rings. The number of likely N-dealkylation sites (N-methyl/N-ethyl adjacent to an activating group) is 1. The highest BCUT2D eigenvalue weighted by Crippen LogP contribution is 2.27. The van der Waals surface area contributed by atoms with Crippen LogP contribution in [0.3, 0.4) is 0 Å². The first-order valence-electron chi connectivity index (χ1n) is 3.86. The zero-order chi connectivity index (χ0) is 10.0. The van der Waals surface area contributed by atoms with Crippen LogP contribution in [-0.2, 0) is 9.59 Å². The summed E-state index contributed by atoms with van der Waals surface area (Å²) in [5, 5.41) is 1.79. The summed E-state index contributed by atoms with van der Waals surface area (Å²) in [6.07, 6.45) is 1.68. The fraction of sp³-hybridized carbons (Fsp3) is 0.333. The van der Waals surface area contributed by atoms with Gasteiger partial charge in [0.15, 0.2) is 5.78 Å². The lowest BCUT2D eigenvalue weighted by molar-refractivity contribution is -0.123. The molecule has 4 heteroatoms. The van der Waals surface area contributed by atoms with E-state index in [4.69, 9.17) is 0 Å². The normalized spacial score (nSPS) is 20.5. The number of amides is 1. The van der Waals surface area contributed by atoms with Gasteiger partial charge in [0.05, 0.1) is 4.91 Å². The lowest BCUT2D eigenvalue weighted by Gasteiger charge is -2.18. The SMILES string of the molecule is CC(=O)/C(C)=C1/SC=CN(C)C1=O. The maximum absolute atomic E-state index is 11.5. The molecule has 1 aliphatic rings. The number of rotatable bonds is 1. The van der Waals surface area contributed by atoms with Crippen LogP contribution in [0.5, 0.6) is 0 Å². The number of allylic oxidation sites excluding steroid dienone is 1. The van der Waals surface area contributed by atoms with Crippen LogP contribution in [0.1, 0.15) is 13.8 Å². The van der Waals surface area contributed by atoms with Gasteiger partial charge in [0.1, 0.15) is 0 Å². The number of hydrogen-bond donors (Lipinski definition) is 0. The van der Waals surface area contributed by atoms with Gasteiger partial charge in [-0.2, -0.15) is 0 Å². The van der Waals surface area contributed by atoms with E-state index in [2.05, 4.69) is 0 Å². The standard InChI is InChI=1S/C9H11NO2S/c1-6(7(2)11)8-9(12)10(3)4-5-13-8/h4-5H,1-3H3/b8-6+. The highest BCUT2D eigenvalue weighted by atomic mass is 32.2. The van der Waals surface area contributed by atoms with E-state index in [0.29, 0.717) is 10.5 Å². The van der Waals surface area contributed by atoms with Crippen LogP contribution in [0, 0.1) is 0 Å². The van der Waals surface area contributed by atoms with Gasteiger partial charge in [-0.25, -0.2) is 0 Å². The monoisotopic (exact) mass is 197 g/mol. The van der Waals surface area contributed by atoms with Gasteiger partial charge in [0.2, 0.25) is 0 Å². The number of carbonyl (C=O) groups is 2. The third kappa shape index (κ3) is 2.01. The molecule has 13 heavy (non-hydrogen) atoms. The molecular weight excluding hydrogens is 186 g/mol. The number of thioether (sulfide) groups is 1. The lowest BCUT2D eigenvalue weighted by Crippen LogP contribution is -2.25. The van der Waals surface area contributed by atoms with Crippen LogP contribution in [0.25, 0.3) is 0 Å². The molecule has 0 bridgehead atoms.